The van der Waals surface area contributed by atoms with Crippen LogP contribution in [0.3, 0.4) is 0 Å². The molecule has 0 fully saturated rings. The molecule has 0 aliphatic heterocycles. The minimum atomic E-state index is 0.422. The summed E-state index contributed by atoms with van der Waals surface area (Å²) in [5.74, 6) is 0. The van der Waals surface area contributed by atoms with Gasteiger partial charge >= 0.3 is 0 Å². The molecule has 1 heterocycles. The van der Waals surface area contributed by atoms with Crippen molar-refractivity contribution in [3.63, 3.8) is 0 Å². The first-order valence-electron chi connectivity index (χ1n) is 5.03. The molecule has 2 aromatic rings. The molecule has 0 amide bonds. The number of thiocarbonyl (C=S) groups is 1. The highest BCUT2D eigenvalue weighted by molar-refractivity contribution is 7.80. The summed E-state index contributed by atoms with van der Waals surface area (Å²) in [6, 6.07) is 7.91. The van der Waals surface area contributed by atoms with Crippen LogP contribution in [-0.2, 0) is 6.54 Å². The van der Waals surface area contributed by atoms with Crippen LogP contribution in [0.5, 0.6) is 0 Å². The van der Waals surface area contributed by atoms with Crippen LogP contribution < -0.4 is 10.6 Å². The fourth-order valence-corrected chi connectivity index (χ4v) is 2.11. The fraction of sp³-hybridized carbons (Fsp3) is 0.182. The average Bonchev–Trinajstić information content (AvgIpc) is 2.82. The third kappa shape index (κ3) is 2.98. The van der Waals surface area contributed by atoms with Gasteiger partial charge in [0, 0.05) is 30.7 Å². The maximum absolute atomic E-state index is 5.61. The molecule has 0 saturated heterocycles. The predicted octanol–water partition coefficient (Wildman–Crippen LogP) is 1.81. The molecular weight excluding hydrogens is 252 g/mol. The molecule has 0 aliphatic carbocycles. The van der Waals surface area contributed by atoms with E-state index in [1.165, 1.54) is 11.5 Å². The molecule has 2 N–H and O–H groups in total. The molecule has 1 aromatic heterocycles. The van der Waals surface area contributed by atoms with E-state index in [2.05, 4.69) is 9.36 Å². The van der Waals surface area contributed by atoms with Gasteiger partial charge in [-0.15, -0.1) is 0 Å². The number of hydrogen-bond acceptors (Lipinski definition) is 5. The molecule has 0 bridgehead atoms. The predicted molar refractivity (Wildman–Crippen MR) is 74.3 cm³/mol. The van der Waals surface area contributed by atoms with Gasteiger partial charge in [0.2, 0.25) is 5.13 Å². The molecular formula is C11H12N4S2. The molecule has 0 aliphatic rings. The first-order valence-corrected chi connectivity index (χ1v) is 6.21. The van der Waals surface area contributed by atoms with Gasteiger partial charge < -0.3 is 10.6 Å². The molecule has 0 atom stereocenters. The lowest BCUT2D eigenvalue weighted by Crippen LogP contribution is -2.17. The van der Waals surface area contributed by atoms with Gasteiger partial charge in [-0.3, -0.25) is 0 Å². The summed E-state index contributed by atoms with van der Waals surface area (Å²) in [4.78, 5) is 6.61. The summed E-state index contributed by atoms with van der Waals surface area (Å²) < 4.78 is 3.98. The van der Waals surface area contributed by atoms with Crippen LogP contribution in [-0.4, -0.2) is 21.4 Å². The Morgan fingerprint density at radius 2 is 2.35 bits per heavy atom. The number of nitrogens with zero attached hydrogens (tertiary/aromatic N) is 3. The zero-order valence-electron chi connectivity index (χ0n) is 9.33. The fourth-order valence-electron chi connectivity index (χ4n) is 1.50. The summed E-state index contributed by atoms with van der Waals surface area (Å²) in [6.45, 7) is 0.756. The summed E-state index contributed by atoms with van der Waals surface area (Å²) >= 11 is 6.33. The number of benzene rings is 1. The second-order valence-electron chi connectivity index (χ2n) is 3.64. The SMILES string of the molecule is CN(Cc1cccc(C(N)=S)c1)c1ncns1. The Morgan fingerprint density at radius 3 is 3.00 bits per heavy atom. The maximum atomic E-state index is 5.61. The van der Waals surface area contributed by atoms with E-state index in [1.54, 1.807) is 6.33 Å². The van der Waals surface area contributed by atoms with Gasteiger partial charge in [-0.2, -0.15) is 4.37 Å². The van der Waals surface area contributed by atoms with E-state index >= 15 is 0 Å². The second kappa shape index (κ2) is 5.20. The van der Waals surface area contributed by atoms with Crippen LogP contribution in [0.1, 0.15) is 11.1 Å². The zero-order valence-corrected chi connectivity index (χ0v) is 11.0. The first-order chi connectivity index (χ1) is 8.16. The molecule has 88 valence electrons. The quantitative estimate of drug-likeness (QED) is 0.854. The second-order valence-corrected chi connectivity index (χ2v) is 4.84. The Labute approximate surface area is 109 Å². The summed E-state index contributed by atoms with van der Waals surface area (Å²) in [5.41, 5.74) is 7.64. The molecule has 2 rings (SSSR count). The monoisotopic (exact) mass is 264 g/mol. The normalized spacial score (nSPS) is 10.2. The minimum Gasteiger partial charge on any atom is -0.389 e. The number of aromatic nitrogens is 2. The first kappa shape index (κ1) is 11.9. The maximum Gasteiger partial charge on any atom is 0.204 e. The molecule has 0 saturated carbocycles. The van der Waals surface area contributed by atoms with Crippen molar-refractivity contribution in [1.82, 2.24) is 9.36 Å². The van der Waals surface area contributed by atoms with Crippen LogP contribution in [0.2, 0.25) is 0 Å². The molecule has 6 heteroatoms. The Hall–Kier alpha value is -1.53. The third-order valence-corrected chi connectivity index (χ3v) is 3.32. The van der Waals surface area contributed by atoms with Gasteiger partial charge in [-0.05, 0) is 11.6 Å². The van der Waals surface area contributed by atoms with Crippen molar-refractivity contribution in [2.24, 2.45) is 5.73 Å². The highest BCUT2D eigenvalue weighted by Crippen LogP contribution is 2.16. The highest BCUT2D eigenvalue weighted by atomic mass is 32.1. The van der Waals surface area contributed by atoms with E-state index in [0.29, 0.717) is 4.99 Å². The topological polar surface area (TPSA) is 55.0 Å². The number of nitrogens with two attached hydrogens (primary N) is 1. The van der Waals surface area contributed by atoms with E-state index in [0.717, 1.165) is 22.8 Å². The smallest absolute Gasteiger partial charge is 0.204 e. The van der Waals surface area contributed by atoms with Crippen molar-refractivity contribution in [1.29, 1.82) is 0 Å². The largest absolute Gasteiger partial charge is 0.389 e. The summed E-state index contributed by atoms with van der Waals surface area (Å²) in [7, 11) is 1.98. The molecule has 1 aromatic carbocycles. The van der Waals surface area contributed by atoms with Gasteiger partial charge in [-0.25, -0.2) is 4.98 Å². The Balaban J connectivity index is 2.13. The Kier molecular flexibility index (Phi) is 3.65. The third-order valence-electron chi connectivity index (χ3n) is 2.31. The van der Waals surface area contributed by atoms with E-state index < -0.39 is 0 Å². The standard InChI is InChI=1S/C11H12N4S2/c1-15(11-13-7-14-17-11)6-8-3-2-4-9(5-8)10(12)16/h2-5,7H,6H2,1H3,(H2,12,16). The van der Waals surface area contributed by atoms with Crippen molar-refractivity contribution in [3.05, 3.63) is 41.7 Å². The van der Waals surface area contributed by atoms with Crippen molar-refractivity contribution >= 4 is 33.9 Å². The van der Waals surface area contributed by atoms with E-state index in [9.17, 15) is 0 Å². The van der Waals surface area contributed by atoms with E-state index in [4.69, 9.17) is 18.0 Å². The number of hydrogen-bond donors (Lipinski definition) is 1. The van der Waals surface area contributed by atoms with E-state index in [-0.39, 0.29) is 0 Å². The zero-order chi connectivity index (χ0) is 12.3. The highest BCUT2D eigenvalue weighted by Gasteiger charge is 2.06. The Bertz CT molecular complexity index is 510. The minimum absolute atomic E-state index is 0.422. The van der Waals surface area contributed by atoms with Crippen molar-refractivity contribution in [3.8, 4) is 0 Å². The molecule has 0 radical (unpaired) electrons. The van der Waals surface area contributed by atoms with Crippen LogP contribution in [0.4, 0.5) is 5.13 Å². The Morgan fingerprint density at radius 1 is 1.53 bits per heavy atom. The summed E-state index contributed by atoms with van der Waals surface area (Å²) in [6.07, 6.45) is 1.56. The number of rotatable bonds is 4. The lowest BCUT2D eigenvalue weighted by atomic mass is 10.1. The van der Waals surface area contributed by atoms with Gasteiger partial charge in [0.25, 0.3) is 0 Å². The molecule has 4 nitrogen and oxygen atoms in total. The van der Waals surface area contributed by atoms with Crippen molar-refractivity contribution in [2.75, 3.05) is 11.9 Å². The molecule has 17 heavy (non-hydrogen) atoms. The molecule has 0 unspecified atom stereocenters. The lowest BCUT2D eigenvalue weighted by molar-refractivity contribution is 0.914. The number of anilines is 1. The van der Waals surface area contributed by atoms with Crippen molar-refractivity contribution in [2.45, 2.75) is 6.54 Å². The average molecular weight is 264 g/mol. The van der Waals surface area contributed by atoms with Crippen LogP contribution in [0.25, 0.3) is 0 Å². The van der Waals surface area contributed by atoms with Crippen LogP contribution in [0.15, 0.2) is 30.6 Å². The van der Waals surface area contributed by atoms with Gasteiger partial charge in [0.05, 0.1) is 0 Å². The van der Waals surface area contributed by atoms with Gasteiger partial charge in [-0.1, -0.05) is 30.4 Å². The van der Waals surface area contributed by atoms with Crippen LogP contribution >= 0.6 is 23.8 Å². The molecule has 0 spiro atoms. The van der Waals surface area contributed by atoms with Gasteiger partial charge in [0.1, 0.15) is 11.3 Å². The lowest BCUT2D eigenvalue weighted by Gasteiger charge is -2.15. The summed E-state index contributed by atoms with van der Waals surface area (Å²) in [5, 5.41) is 0.894. The van der Waals surface area contributed by atoms with Gasteiger partial charge in [0.15, 0.2) is 0 Å². The van der Waals surface area contributed by atoms with E-state index in [1.807, 2.05) is 36.2 Å². The van der Waals surface area contributed by atoms with Crippen molar-refractivity contribution < 1.29 is 0 Å². The van der Waals surface area contributed by atoms with Crippen LogP contribution in [0, 0.1) is 0 Å².